The average Bonchev–Trinajstić information content (AvgIpc) is 2.68. The summed E-state index contributed by atoms with van der Waals surface area (Å²) in [5, 5.41) is 1.10. The van der Waals surface area contributed by atoms with E-state index in [1.165, 1.54) is 0 Å². The van der Waals surface area contributed by atoms with E-state index in [1.54, 1.807) is 22.6 Å². The van der Waals surface area contributed by atoms with Gasteiger partial charge in [-0.3, -0.25) is 4.98 Å². The number of rotatable bonds is 3. The number of hydrogen-bond acceptors (Lipinski definition) is 4. The number of hydrogen-bond donors (Lipinski definition) is 0. The van der Waals surface area contributed by atoms with Gasteiger partial charge in [-0.15, -0.1) is 0 Å². The molecule has 0 radical (unpaired) electrons. The van der Waals surface area contributed by atoms with Crippen LogP contribution in [-0.4, -0.2) is 43.9 Å². The van der Waals surface area contributed by atoms with E-state index >= 15 is 0 Å². The molecule has 0 amide bonds. The number of nitrogens with zero attached hydrogens (tertiary/aromatic N) is 3. The fourth-order valence-corrected chi connectivity index (χ4v) is 4.79. The van der Waals surface area contributed by atoms with E-state index in [0.717, 1.165) is 22.2 Å². The van der Waals surface area contributed by atoms with E-state index < -0.39 is 10.0 Å². The molecule has 4 rings (SSSR count). The number of anilines is 1. The Labute approximate surface area is 153 Å². The van der Waals surface area contributed by atoms with Gasteiger partial charge in [0.2, 0.25) is 10.0 Å². The summed E-state index contributed by atoms with van der Waals surface area (Å²) in [5.41, 5.74) is 3.08. The molecule has 3 aromatic rings. The van der Waals surface area contributed by atoms with Crippen molar-refractivity contribution in [3.8, 4) is 0 Å². The van der Waals surface area contributed by atoms with Gasteiger partial charge in [0.15, 0.2) is 0 Å². The first-order chi connectivity index (χ1) is 12.6. The monoisotopic (exact) mass is 367 g/mol. The van der Waals surface area contributed by atoms with Gasteiger partial charge in [-0.1, -0.05) is 35.9 Å². The Morgan fingerprint density at radius 2 is 1.58 bits per heavy atom. The molecule has 0 aliphatic carbocycles. The number of aryl methyl sites for hydroxylation is 1. The summed E-state index contributed by atoms with van der Waals surface area (Å²) >= 11 is 0. The van der Waals surface area contributed by atoms with Crippen LogP contribution in [0.1, 0.15) is 5.56 Å². The van der Waals surface area contributed by atoms with Gasteiger partial charge >= 0.3 is 0 Å². The molecule has 0 N–H and O–H groups in total. The fraction of sp³-hybridized carbons (Fsp3) is 0.250. The summed E-state index contributed by atoms with van der Waals surface area (Å²) in [7, 11) is -3.44. The lowest BCUT2D eigenvalue weighted by Gasteiger charge is -2.35. The quantitative estimate of drug-likeness (QED) is 0.714. The Hall–Kier alpha value is -2.44. The molecule has 2 aromatic carbocycles. The van der Waals surface area contributed by atoms with Gasteiger partial charge in [-0.05, 0) is 31.2 Å². The third-order valence-electron chi connectivity index (χ3n) is 4.85. The molecule has 2 heterocycles. The van der Waals surface area contributed by atoms with Gasteiger partial charge in [0.05, 0.1) is 16.1 Å². The first-order valence-electron chi connectivity index (χ1n) is 8.71. The standard InChI is InChI=1S/C20H21N3O2S/c1-16-7-9-18(10-8-16)26(24,25)23-14-12-22(13-15-23)19-6-2-4-17-5-3-11-21-20(17)19/h2-11H,12-15H2,1H3. The van der Waals surface area contributed by atoms with Crippen molar-refractivity contribution in [2.45, 2.75) is 11.8 Å². The van der Waals surface area contributed by atoms with Crippen molar-refractivity contribution in [2.75, 3.05) is 31.1 Å². The highest BCUT2D eigenvalue weighted by Gasteiger charge is 2.29. The van der Waals surface area contributed by atoms with Crippen molar-refractivity contribution in [3.05, 3.63) is 66.4 Å². The predicted octanol–water partition coefficient (Wildman–Crippen LogP) is 3.05. The highest BCUT2D eigenvalue weighted by atomic mass is 32.2. The van der Waals surface area contributed by atoms with Crippen LogP contribution < -0.4 is 4.90 Å². The topological polar surface area (TPSA) is 53.5 Å². The average molecular weight is 367 g/mol. The Morgan fingerprint density at radius 1 is 0.885 bits per heavy atom. The molecule has 1 aromatic heterocycles. The Balaban J connectivity index is 1.54. The molecule has 134 valence electrons. The zero-order valence-corrected chi connectivity index (χ0v) is 15.5. The van der Waals surface area contributed by atoms with Crippen molar-refractivity contribution in [2.24, 2.45) is 0 Å². The molecular formula is C20H21N3O2S. The summed E-state index contributed by atoms with van der Waals surface area (Å²) in [5.74, 6) is 0. The van der Waals surface area contributed by atoms with Gasteiger partial charge in [0, 0.05) is 37.8 Å². The minimum atomic E-state index is -3.44. The fourth-order valence-electron chi connectivity index (χ4n) is 3.37. The molecule has 1 aliphatic heterocycles. The molecule has 0 unspecified atom stereocenters. The molecule has 6 heteroatoms. The summed E-state index contributed by atoms with van der Waals surface area (Å²) in [6, 6.07) is 17.1. The number of fused-ring (bicyclic) bond motifs is 1. The molecule has 26 heavy (non-hydrogen) atoms. The van der Waals surface area contributed by atoms with Crippen LogP contribution in [0.15, 0.2) is 65.7 Å². The smallest absolute Gasteiger partial charge is 0.243 e. The van der Waals surface area contributed by atoms with Crippen LogP contribution in [0.3, 0.4) is 0 Å². The SMILES string of the molecule is Cc1ccc(S(=O)(=O)N2CCN(c3cccc4cccnc34)CC2)cc1. The van der Waals surface area contributed by atoms with Crippen LogP contribution in [0.25, 0.3) is 10.9 Å². The van der Waals surface area contributed by atoms with Gasteiger partial charge in [-0.2, -0.15) is 4.31 Å². The maximum absolute atomic E-state index is 12.8. The number of pyridine rings is 1. The van der Waals surface area contributed by atoms with E-state index in [4.69, 9.17) is 0 Å². The molecule has 1 saturated heterocycles. The van der Waals surface area contributed by atoms with E-state index in [1.807, 2.05) is 43.3 Å². The van der Waals surface area contributed by atoms with E-state index in [-0.39, 0.29) is 0 Å². The third kappa shape index (κ3) is 3.06. The van der Waals surface area contributed by atoms with Crippen LogP contribution in [0.2, 0.25) is 0 Å². The highest BCUT2D eigenvalue weighted by molar-refractivity contribution is 7.89. The maximum atomic E-state index is 12.8. The van der Waals surface area contributed by atoms with Gasteiger partial charge in [0.25, 0.3) is 0 Å². The molecule has 0 spiro atoms. The number of sulfonamides is 1. The molecule has 0 saturated carbocycles. The van der Waals surface area contributed by atoms with Crippen LogP contribution in [0.5, 0.6) is 0 Å². The number of piperazine rings is 1. The van der Waals surface area contributed by atoms with Crippen molar-refractivity contribution in [1.29, 1.82) is 0 Å². The van der Waals surface area contributed by atoms with Gasteiger partial charge in [0.1, 0.15) is 0 Å². The largest absolute Gasteiger partial charge is 0.367 e. The Morgan fingerprint density at radius 3 is 2.31 bits per heavy atom. The van der Waals surface area contributed by atoms with Gasteiger partial charge < -0.3 is 4.90 Å². The second-order valence-electron chi connectivity index (χ2n) is 6.56. The second kappa shape index (κ2) is 6.70. The van der Waals surface area contributed by atoms with E-state index in [9.17, 15) is 8.42 Å². The van der Waals surface area contributed by atoms with Crippen molar-refractivity contribution >= 4 is 26.6 Å². The Bertz CT molecular complexity index is 1020. The predicted molar refractivity (Wildman–Crippen MR) is 104 cm³/mol. The van der Waals surface area contributed by atoms with Gasteiger partial charge in [-0.25, -0.2) is 8.42 Å². The van der Waals surface area contributed by atoms with Crippen LogP contribution in [-0.2, 0) is 10.0 Å². The lowest BCUT2D eigenvalue weighted by atomic mass is 10.1. The molecule has 1 aliphatic rings. The number of para-hydroxylation sites is 1. The van der Waals surface area contributed by atoms with Crippen molar-refractivity contribution in [3.63, 3.8) is 0 Å². The highest BCUT2D eigenvalue weighted by Crippen LogP contribution is 2.27. The molecular weight excluding hydrogens is 346 g/mol. The zero-order valence-electron chi connectivity index (χ0n) is 14.7. The number of benzene rings is 2. The first kappa shape index (κ1) is 17.0. The molecule has 5 nitrogen and oxygen atoms in total. The summed E-state index contributed by atoms with van der Waals surface area (Å²) < 4.78 is 27.3. The second-order valence-corrected chi connectivity index (χ2v) is 8.49. The normalized spacial score (nSPS) is 16.1. The summed E-state index contributed by atoms with van der Waals surface area (Å²) in [6.07, 6.45) is 1.80. The maximum Gasteiger partial charge on any atom is 0.243 e. The minimum Gasteiger partial charge on any atom is -0.367 e. The molecule has 1 fully saturated rings. The molecule has 0 atom stereocenters. The third-order valence-corrected chi connectivity index (χ3v) is 6.76. The summed E-state index contributed by atoms with van der Waals surface area (Å²) in [4.78, 5) is 7.09. The van der Waals surface area contributed by atoms with Crippen LogP contribution in [0, 0.1) is 6.92 Å². The zero-order chi connectivity index (χ0) is 18.1. The number of aromatic nitrogens is 1. The lowest BCUT2D eigenvalue weighted by Crippen LogP contribution is -2.48. The van der Waals surface area contributed by atoms with Crippen molar-refractivity contribution < 1.29 is 8.42 Å². The molecule has 0 bridgehead atoms. The lowest BCUT2D eigenvalue weighted by molar-refractivity contribution is 0.385. The Kier molecular flexibility index (Phi) is 4.38. The van der Waals surface area contributed by atoms with E-state index in [2.05, 4.69) is 16.0 Å². The van der Waals surface area contributed by atoms with Crippen LogP contribution in [0.4, 0.5) is 5.69 Å². The summed E-state index contributed by atoms with van der Waals surface area (Å²) in [6.45, 7) is 4.20. The van der Waals surface area contributed by atoms with E-state index in [0.29, 0.717) is 31.1 Å². The minimum absolute atomic E-state index is 0.364. The first-order valence-corrected chi connectivity index (χ1v) is 10.2. The van der Waals surface area contributed by atoms with Crippen molar-refractivity contribution in [1.82, 2.24) is 9.29 Å². The van der Waals surface area contributed by atoms with Crippen LogP contribution >= 0.6 is 0 Å².